The Labute approximate surface area is 108 Å². The van der Waals surface area contributed by atoms with Crippen molar-refractivity contribution in [2.24, 2.45) is 0 Å². The van der Waals surface area contributed by atoms with E-state index in [1.54, 1.807) is 0 Å². The Kier molecular flexibility index (Phi) is 4.20. The van der Waals surface area contributed by atoms with Crippen molar-refractivity contribution in [2.75, 3.05) is 25.5 Å². The molecule has 4 heteroatoms. The van der Waals surface area contributed by atoms with Crippen molar-refractivity contribution >= 4 is 11.7 Å². The molecule has 18 heavy (non-hydrogen) atoms. The van der Waals surface area contributed by atoms with Crippen LogP contribution < -0.4 is 10.6 Å². The second-order valence-electron chi connectivity index (χ2n) is 4.85. The number of rotatable bonds is 3. The van der Waals surface area contributed by atoms with Crippen molar-refractivity contribution in [2.45, 2.75) is 25.8 Å². The summed E-state index contributed by atoms with van der Waals surface area (Å²) in [6.45, 7) is 3.74. The predicted octanol–water partition coefficient (Wildman–Crippen LogP) is 2.21. The molecule has 1 aromatic carbocycles. The number of carbonyl (C=O) groups excluding carboxylic acids is 1. The lowest BCUT2D eigenvalue weighted by Crippen LogP contribution is -2.43. The van der Waals surface area contributed by atoms with Gasteiger partial charge < -0.3 is 15.5 Å². The van der Waals surface area contributed by atoms with E-state index in [-0.39, 0.29) is 6.03 Å². The number of anilines is 1. The maximum atomic E-state index is 12.2. The number of hydrogen-bond acceptors (Lipinski definition) is 2. The SMILES string of the molecule is CNCC1CCCN1C(=O)Nc1cccc(C)c1. The molecule has 2 rings (SSSR count). The quantitative estimate of drug-likeness (QED) is 0.860. The molecular formula is C14H21N3O. The zero-order chi connectivity index (χ0) is 13.0. The Hall–Kier alpha value is -1.55. The molecule has 1 heterocycles. The monoisotopic (exact) mass is 247 g/mol. The van der Waals surface area contributed by atoms with Crippen molar-refractivity contribution in [1.82, 2.24) is 10.2 Å². The molecule has 0 radical (unpaired) electrons. The normalized spacial score (nSPS) is 19.0. The molecule has 1 aliphatic rings. The number of carbonyl (C=O) groups is 1. The number of aryl methyl sites for hydroxylation is 1. The zero-order valence-electron chi connectivity index (χ0n) is 11.1. The average Bonchev–Trinajstić information content (AvgIpc) is 2.78. The summed E-state index contributed by atoms with van der Waals surface area (Å²) in [5.74, 6) is 0. The van der Waals surface area contributed by atoms with Crippen LogP contribution in [0.25, 0.3) is 0 Å². The molecule has 0 bridgehead atoms. The van der Waals surface area contributed by atoms with E-state index >= 15 is 0 Å². The van der Waals surface area contributed by atoms with Gasteiger partial charge in [0.15, 0.2) is 0 Å². The van der Waals surface area contributed by atoms with Gasteiger partial charge in [0.1, 0.15) is 0 Å². The number of nitrogens with one attached hydrogen (secondary N) is 2. The third-order valence-corrected chi connectivity index (χ3v) is 3.35. The zero-order valence-corrected chi connectivity index (χ0v) is 11.1. The van der Waals surface area contributed by atoms with Crippen LogP contribution in [0.3, 0.4) is 0 Å². The Morgan fingerprint density at radius 2 is 2.33 bits per heavy atom. The second kappa shape index (κ2) is 5.87. The topological polar surface area (TPSA) is 44.4 Å². The first-order chi connectivity index (χ1) is 8.70. The first-order valence-electron chi connectivity index (χ1n) is 6.49. The molecule has 1 unspecified atom stereocenters. The van der Waals surface area contributed by atoms with Gasteiger partial charge >= 0.3 is 6.03 Å². The van der Waals surface area contributed by atoms with E-state index in [2.05, 4.69) is 10.6 Å². The van der Waals surface area contributed by atoms with Crippen LogP contribution in [0.15, 0.2) is 24.3 Å². The summed E-state index contributed by atoms with van der Waals surface area (Å²) in [6.07, 6.45) is 2.18. The van der Waals surface area contributed by atoms with Gasteiger partial charge in [0.05, 0.1) is 0 Å². The Morgan fingerprint density at radius 1 is 1.50 bits per heavy atom. The van der Waals surface area contributed by atoms with Gasteiger partial charge in [-0.3, -0.25) is 0 Å². The van der Waals surface area contributed by atoms with Crippen molar-refractivity contribution in [3.05, 3.63) is 29.8 Å². The molecule has 1 atom stereocenters. The number of amides is 2. The van der Waals surface area contributed by atoms with Gasteiger partial charge in [0.2, 0.25) is 0 Å². The number of urea groups is 1. The number of likely N-dealkylation sites (N-methyl/N-ethyl adjacent to an activating group) is 1. The third kappa shape index (κ3) is 3.01. The van der Waals surface area contributed by atoms with E-state index in [4.69, 9.17) is 0 Å². The molecule has 1 saturated heterocycles. The molecule has 2 N–H and O–H groups in total. The van der Waals surface area contributed by atoms with E-state index in [9.17, 15) is 4.79 Å². The molecule has 1 aromatic rings. The molecule has 4 nitrogen and oxygen atoms in total. The molecule has 2 amide bonds. The molecule has 0 aliphatic carbocycles. The summed E-state index contributed by atoms with van der Waals surface area (Å²) in [5.41, 5.74) is 2.02. The van der Waals surface area contributed by atoms with E-state index in [1.165, 1.54) is 0 Å². The average molecular weight is 247 g/mol. The van der Waals surface area contributed by atoms with Gasteiger partial charge in [-0.1, -0.05) is 12.1 Å². The predicted molar refractivity (Wildman–Crippen MR) is 73.9 cm³/mol. The van der Waals surface area contributed by atoms with Crippen LogP contribution in [0.2, 0.25) is 0 Å². The number of hydrogen-bond donors (Lipinski definition) is 2. The molecule has 0 spiro atoms. The first kappa shape index (κ1) is 12.9. The fourth-order valence-electron chi connectivity index (χ4n) is 2.47. The Bertz CT molecular complexity index is 419. The summed E-state index contributed by atoms with van der Waals surface area (Å²) in [5, 5.41) is 6.12. The minimum atomic E-state index is 0.0124. The smallest absolute Gasteiger partial charge is 0.320 e. The lowest BCUT2D eigenvalue weighted by Gasteiger charge is -2.24. The maximum Gasteiger partial charge on any atom is 0.322 e. The highest BCUT2D eigenvalue weighted by atomic mass is 16.2. The summed E-state index contributed by atoms with van der Waals surface area (Å²) in [6, 6.07) is 8.22. The Morgan fingerprint density at radius 3 is 3.06 bits per heavy atom. The highest BCUT2D eigenvalue weighted by molar-refractivity contribution is 5.89. The summed E-state index contributed by atoms with van der Waals surface area (Å²) < 4.78 is 0. The van der Waals surface area contributed by atoms with Gasteiger partial charge in [-0.2, -0.15) is 0 Å². The van der Waals surface area contributed by atoms with Gasteiger partial charge in [-0.05, 0) is 44.5 Å². The van der Waals surface area contributed by atoms with E-state index in [1.807, 2.05) is 43.1 Å². The van der Waals surface area contributed by atoms with Crippen molar-refractivity contribution < 1.29 is 4.79 Å². The van der Waals surface area contributed by atoms with Crippen LogP contribution in [-0.4, -0.2) is 37.1 Å². The van der Waals surface area contributed by atoms with Crippen LogP contribution in [0.5, 0.6) is 0 Å². The van der Waals surface area contributed by atoms with Crippen molar-refractivity contribution in [3.63, 3.8) is 0 Å². The van der Waals surface area contributed by atoms with Gasteiger partial charge in [0, 0.05) is 24.8 Å². The van der Waals surface area contributed by atoms with Crippen molar-refractivity contribution in [1.29, 1.82) is 0 Å². The highest BCUT2D eigenvalue weighted by Crippen LogP contribution is 2.18. The standard InChI is InChI=1S/C14H21N3O/c1-11-5-3-6-12(9-11)16-14(18)17-8-4-7-13(17)10-15-2/h3,5-6,9,13,15H,4,7-8,10H2,1-2H3,(H,16,18). The molecule has 1 aliphatic heterocycles. The van der Waals surface area contributed by atoms with Crippen LogP contribution >= 0.6 is 0 Å². The number of nitrogens with zero attached hydrogens (tertiary/aromatic N) is 1. The third-order valence-electron chi connectivity index (χ3n) is 3.35. The van der Waals surface area contributed by atoms with E-state index < -0.39 is 0 Å². The lowest BCUT2D eigenvalue weighted by atomic mass is 10.2. The molecule has 0 aromatic heterocycles. The maximum absolute atomic E-state index is 12.2. The second-order valence-corrected chi connectivity index (χ2v) is 4.85. The molecule has 98 valence electrons. The Balaban J connectivity index is 1.99. The van der Waals surface area contributed by atoms with Crippen LogP contribution in [0, 0.1) is 6.92 Å². The van der Waals surface area contributed by atoms with Crippen LogP contribution in [-0.2, 0) is 0 Å². The number of benzene rings is 1. The summed E-state index contributed by atoms with van der Waals surface area (Å²) in [7, 11) is 1.93. The van der Waals surface area contributed by atoms with Crippen LogP contribution in [0.4, 0.5) is 10.5 Å². The fraction of sp³-hybridized carbons (Fsp3) is 0.500. The molecule has 1 fully saturated rings. The minimum Gasteiger partial charge on any atom is -0.320 e. The van der Waals surface area contributed by atoms with E-state index in [0.29, 0.717) is 6.04 Å². The van der Waals surface area contributed by atoms with Gasteiger partial charge in [-0.25, -0.2) is 4.79 Å². The summed E-state index contributed by atoms with van der Waals surface area (Å²) >= 11 is 0. The molecule has 0 saturated carbocycles. The van der Waals surface area contributed by atoms with Gasteiger partial charge in [0.25, 0.3) is 0 Å². The molecular weight excluding hydrogens is 226 g/mol. The largest absolute Gasteiger partial charge is 0.322 e. The minimum absolute atomic E-state index is 0.0124. The highest BCUT2D eigenvalue weighted by Gasteiger charge is 2.27. The van der Waals surface area contributed by atoms with E-state index in [0.717, 1.165) is 37.2 Å². The first-order valence-corrected chi connectivity index (χ1v) is 6.49. The van der Waals surface area contributed by atoms with Crippen LogP contribution in [0.1, 0.15) is 18.4 Å². The number of likely N-dealkylation sites (tertiary alicyclic amines) is 1. The lowest BCUT2D eigenvalue weighted by molar-refractivity contribution is 0.206. The van der Waals surface area contributed by atoms with Crippen molar-refractivity contribution in [3.8, 4) is 0 Å². The summed E-state index contributed by atoms with van der Waals surface area (Å²) in [4.78, 5) is 14.1. The van der Waals surface area contributed by atoms with Gasteiger partial charge in [-0.15, -0.1) is 0 Å². The fourth-order valence-corrected chi connectivity index (χ4v) is 2.47.